The molecular formula is C26H20Cl3NO4. The highest BCUT2D eigenvalue weighted by molar-refractivity contribution is 6.52. The van der Waals surface area contributed by atoms with Crippen molar-refractivity contribution in [2.24, 2.45) is 0 Å². The summed E-state index contributed by atoms with van der Waals surface area (Å²) in [5, 5.41) is 12.3. The smallest absolute Gasteiger partial charge is 0.300 e. The first kappa shape index (κ1) is 24.1. The van der Waals surface area contributed by atoms with E-state index in [1.165, 1.54) is 17.0 Å². The molecule has 1 aliphatic rings. The fourth-order valence-electron chi connectivity index (χ4n) is 4.01. The Morgan fingerprint density at radius 1 is 1.00 bits per heavy atom. The number of hydrogen-bond donors (Lipinski definition) is 1. The molecule has 1 unspecified atom stereocenters. The number of aliphatic hydroxyl groups is 1. The lowest BCUT2D eigenvalue weighted by Crippen LogP contribution is -2.29. The number of anilines is 1. The van der Waals surface area contributed by atoms with Crippen LogP contribution in [0.3, 0.4) is 0 Å². The lowest BCUT2D eigenvalue weighted by Gasteiger charge is -2.26. The predicted octanol–water partition coefficient (Wildman–Crippen LogP) is 6.98. The van der Waals surface area contributed by atoms with E-state index >= 15 is 0 Å². The number of ether oxygens (including phenoxy) is 1. The number of ketones is 1. The zero-order valence-corrected chi connectivity index (χ0v) is 20.6. The molecule has 174 valence electrons. The summed E-state index contributed by atoms with van der Waals surface area (Å²) in [7, 11) is 0. The highest BCUT2D eigenvalue weighted by Gasteiger charge is 2.47. The van der Waals surface area contributed by atoms with Crippen molar-refractivity contribution in [2.45, 2.75) is 19.9 Å². The van der Waals surface area contributed by atoms with Gasteiger partial charge < -0.3 is 9.84 Å². The Labute approximate surface area is 212 Å². The molecule has 34 heavy (non-hydrogen) atoms. The molecule has 5 nitrogen and oxygen atoms in total. The Balaban J connectivity index is 1.96. The van der Waals surface area contributed by atoms with Gasteiger partial charge in [-0.25, -0.2) is 0 Å². The van der Waals surface area contributed by atoms with Gasteiger partial charge in [-0.05, 0) is 55.8 Å². The first-order valence-corrected chi connectivity index (χ1v) is 11.6. The van der Waals surface area contributed by atoms with Gasteiger partial charge in [-0.15, -0.1) is 0 Å². The van der Waals surface area contributed by atoms with Crippen LogP contribution in [0.1, 0.15) is 29.7 Å². The number of carbonyl (C=O) groups is 2. The van der Waals surface area contributed by atoms with Crippen molar-refractivity contribution < 1.29 is 19.4 Å². The van der Waals surface area contributed by atoms with E-state index in [9.17, 15) is 14.7 Å². The Morgan fingerprint density at radius 3 is 2.35 bits per heavy atom. The molecule has 0 spiro atoms. The van der Waals surface area contributed by atoms with Crippen LogP contribution in [0.2, 0.25) is 15.1 Å². The second kappa shape index (κ2) is 9.71. The van der Waals surface area contributed by atoms with Gasteiger partial charge in [-0.3, -0.25) is 14.5 Å². The molecule has 1 atom stereocenters. The Kier molecular flexibility index (Phi) is 6.89. The third-order valence-electron chi connectivity index (χ3n) is 5.43. The predicted molar refractivity (Wildman–Crippen MR) is 135 cm³/mol. The molecule has 1 N–H and O–H groups in total. The van der Waals surface area contributed by atoms with Crippen LogP contribution in [0.25, 0.3) is 5.76 Å². The van der Waals surface area contributed by atoms with Gasteiger partial charge in [0.1, 0.15) is 11.5 Å². The number of aliphatic hydroxyl groups excluding tert-OH is 1. The number of nitrogens with zero attached hydrogens (tertiary/aromatic N) is 1. The highest BCUT2D eigenvalue weighted by Crippen LogP contribution is 2.44. The summed E-state index contributed by atoms with van der Waals surface area (Å²) in [6.45, 7) is 4.08. The van der Waals surface area contributed by atoms with Crippen LogP contribution < -0.4 is 9.64 Å². The zero-order chi connectivity index (χ0) is 24.6. The minimum Gasteiger partial charge on any atom is -0.507 e. The fraction of sp³-hybridized carbons (Fsp3) is 0.154. The van der Waals surface area contributed by atoms with Crippen molar-refractivity contribution in [1.29, 1.82) is 0 Å². The molecule has 1 fully saturated rings. The molecule has 8 heteroatoms. The number of aryl methyl sites for hydroxylation is 1. The largest absolute Gasteiger partial charge is 0.507 e. The van der Waals surface area contributed by atoms with Gasteiger partial charge in [0.2, 0.25) is 0 Å². The molecule has 3 aromatic carbocycles. The molecular weight excluding hydrogens is 497 g/mol. The van der Waals surface area contributed by atoms with E-state index in [1.807, 2.05) is 32.0 Å². The van der Waals surface area contributed by atoms with E-state index in [2.05, 4.69) is 0 Å². The molecule has 1 aliphatic heterocycles. The van der Waals surface area contributed by atoms with E-state index in [0.717, 1.165) is 5.56 Å². The van der Waals surface area contributed by atoms with Crippen LogP contribution in [0.5, 0.6) is 5.75 Å². The Morgan fingerprint density at radius 2 is 1.71 bits per heavy atom. The topological polar surface area (TPSA) is 66.8 Å². The first-order valence-electron chi connectivity index (χ1n) is 10.5. The molecule has 3 aromatic rings. The van der Waals surface area contributed by atoms with Gasteiger partial charge in [0.25, 0.3) is 11.7 Å². The number of halogens is 3. The number of rotatable bonds is 5. The van der Waals surface area contributed by atoms with Crippen LogP contribution in [-0.2, 0) is 9.59 Å². The van der Waals surface area contributed by atoms with Crippen molar-refractivity contribution in [3.63, 3.8) is 0 Å². The second-order valence-corrected chi connectivity index (χ2v) is 9.07. The number of carbonyl (C=O) groups excluding carboxylic acids is 2. The van der Waals surface area contributed by atoms with Gasteiger partial charge in [-0.2, -0.15) is 0 Å². The van der Waals surface area contributed by atoms with Crippen molar-refractivity contribution in [2.75, 3.05) is 11.5 Å². The Bertz CT molecular complexity index is 1320. The summed E-state index contributed by atoms with van der Waals surface area (Å²) in [5.41, 5.74) is 2.16. The standard InChI is InChI=1S/C26H20Cl3NO4/c1-3-34-21-10-16(7-8-20(21)29)24(31)22-23(15-6-4-5-14(2)9-15)30(26(33)25(22)32)19-12-17(27)11-18(28)13-19/h4-13,23,31H,3H2,1-2H3/b24-22+. The molecule has 0 aromatic heterocycles. The maximum atomic E-state index is 13.3. The van der Waals surface area contributed by atoms with Crippen LogP contribution in [0.4, 0.5) is 5.69 Å². The fourth-order valence-corrected chi connectivity index (χ4v) is 4.69. The average molecular weight is 517 g/mol. The van der Waals surface area contributed by atoms with Gasteiger partial charge >= 0.3 is 0 Å². The van der Waals surface area contributed by atoms with Crippen LogP contribution in [-0.4, -0.2) is 23.4 Å². The van der Waals surface area contributed by atoms with Crippen LogP contribution >= 0.6 is 34.8 Å². The van der Waals surface area contributed by atoms with E-state index in [-0.39, 0.29) is 11.3 Å². The van der Waals surface area contributed by atoms with E-state index < -0.39 is 17.7 Å². The minimum absolute atomic E-state index is 0.0588. The van der Waals surface area contributed by atoms with Crippen molar-refractivity contribution in [3.8, 4) is 5.75 Å². The SMILES string of the molecule is CCOc1cc(/C(O)=C2\C(=O)C(=O)N(c3cc(Cl)cc(Cl)c3)C2c2cccc(C)c2)ccc1Cl. The summed E-state index contributed by atoms with van der Waals surface area (Å²) >= 11 is 18.6. The second-order valence-electron chi connectivity index (χ2n) is 7.79. The summed E-state index contributed by atoms with van der Waals surface area (Å²) in [4.78, 5) is 27.9. The van der Waals surface area contributed by atoms with Crippen LogP contribution in [0.15, 0.2) is 66.2 Å². The maximum Gasteiger partial charge on any atom is 0.300 e. The summed E-state index contributed by atoms with van der Waals surface area (Å²) in [5.74, 6) is -1.60. The van der Waals surface area contributed by atoms with Crippen molar-refractivity contribution >= 4 is 57.9 Å². The summed E-state index contributed by atoms with van der Waals surface area (Å²) < 4.78 is 5.52. The van der Waals surface area contributed by atoms with Crippen molar-refractivity contribution in [1.82, 2.24) is 0 Å². The lowest BCUT2D eigenvalue weighted by molar-refractivity contribution is -0.132. The van der Waals surface area contributed by atoms with Crippen molar-refractivity contribution in [3.05, 3.63) is 98.0 Å². The lowest BCUT2D eigenvalue weighted by atomic mass is 9.94. The van der Waals surface area contributed by atoms with E-state index in [1.54, 1.807) is 30.3 Å². The normalized spacial score (nSPS) is 17.3. The third kappa shape index (κ3) is 4.51. The quantitative estimate of drug-likeness (QED) is 0.226. The summed E-state index contributed by atoms with van der Waals surface area (Å²) in [6, 6.07) is 15.8. The zero-order valence-electron chi connectivity index (χ0n) is 18.3. The molecule has 0 saturated carbocycles. The number of amides is 1. The number of benzene rings is 3. The highest BCUT2D eigenvalue weighted by atomic mass is 35.5. The minimum atomic E-state index is -0.902. The molecule has 4 rings (SSSR count). The summed E-state index contributed by atoms with van der Waals surface area (Å²) in [6.07, 6.45) is 0. The maximum absolute atomic E-state index is 13.3. The monoisotopic (exact) mass is 515 g/mol. The van der Waals surface area contributed by atoms with Gasteiger partial charge in [0, 0.05) is 21.3 Å². The molecule has 0 aliphatic carbocycles. The molecule has 0 radical (unpaired) electrons. The van der Waals surface area contributed by atoms with Crippen LogP contribution in [0, 0.1) is 6.92 Å². The van der Waals surface area contributed by atoms with Gasteiger partial charge in [-0.1, -0.05) is 64.6 Å². The molecule has 0 bridgehead atoms. The van der Waals surface area contributed by atoms with E-state index in [0.29, 0.717) is 44.2 Å². The van der Waals surface area contributed by atoms with E-state index in [4.69, 9.17) is 39.5 Å². The average Bonchev–Trinajstić information content (AvgIpc) is 3.05. The first-order chi connectivity index (χ1) is 16.2. The number of Topliss-reactive ketones (excluding diaryl/α,β-unsaturated/α-hetero) is 1. The molecule has 1 saturated heterocycles. The van der Waals surface area contributed by atoms with Gasteiger partial charge in [0.15, 0.2) is 0 Å². The Hall–Kier alpha value is -2.99. The molecule has 1 amide bonds. The van der Waals surface area contributed by atoms with Gasteiger partial charge in [0.05, 0.1) is 23.2 Å². The molecule has 1 heterocycles. The number of hydrogen-bond acceptors (Lipinski definition) is 4. The third-order valence-corrected chi connectivity index (χ3v) is 6.18.